The average Bonchev–Trinajstić information content (AvgIpc) is 3.52. The number of Topliss-reactive ketones (excluding diaryl/α,β-unsaturated/α-hetero) is 3. The molecule has 0 bridgehead atoms. The number of fused-ring (bicyclic) bond motifs is 1. The number of benzene rings is 1. The van der Waals surface area contributed by atoms with Crippen molar-refractivity contribution in [1.82, 2.24) is 39.5 Å². The maximum atomic E-state index is 14.3. The average molecular weight is 1200 g/mol. The van der Waals surface area contributed by atoms with Crippen LogP contribution < -0.4 is 20.7 Å². The van der Waals surface area contributed by atoms with Crippen LogP contribution in [0.1, 0.15) is 165 Å². The quantitative estimate of drug-likeness (QED) is 0.0272. The minimum absolute atomic E-state index is 0.0163. The molecule has 23 heteroatoms. The number of rotatable bonds is 40. The van der Waals surface area contributed by atoms with Crippen molar-refractivity contribution in [2.75, 3.05) is 91.8 Å². The summed E-state index contributed by atoms with van der Waals surface area (Å²) in [6.07, 6.45) is 16.7. The molecule has 1 aliphatic heterocycles. The Bertz CT molecular complexity index is 2580. The van der Waals surface area contributed by atoms with Crippen molar-refractivity contribution < 1.29 is 52.6 Å². The van der Waals surface area contributed by atoms with E-state index in [-0.39, 0.29) is 92.2 Å². The summed E-state index contributed by atoms with van der Waals surface area (Å²) >= 11 is 3.40. The summed E-state index contributed by atoms with van der Waals surface area (Å²) in [5, 5.41) is 13.8. The zero-order chi connectivity index (χ0) is 58.5. The Kier molecular flexibility index (Phi) is 30.1. The minimum Gasteiger partial charge on any atom is -0.507 e. The van der Waals surface area contributed by atoms with Gasteiger partial charge in [0.25, 0.3) is 0 Å². The molecule has 4 rings (SSSR count). The first kappa shape index (κ1) is 66.9. The van der Waals surface area contributed by atoms with E-state index in [9.17, 15) is 38.4 Å². The van der Waals surface area contributed by atoms with Gasteiger partial charge in [0.1, 0.15) is 41.6 Å². The number of unbranched alkanes of at least 4 members (excludes halogenated alkanes) is 7. The number of likely N-dealkylation sites (N-methyl/N-ethyl adjacent to an activating group) is 1. The highest BCUT2D eigenvalue weighted by atomic mass is 79.9. The normalized spacial score (nSPS) is 14.0. The summed E-state index contributed by atoms with van der Waals surface area (Å²) in [6.45, 7) is 4.26. The van der Waals surface area contributed by atoms with E-state index in [2.05, 4.69) is 49.0 Å². The second kappa shape index (κ2) is 36.0. The van der Waals surface area contributed by atoms with Gasteiger partial charge in [-0.25, -0.2) is 19.1 Å². The van der Waals surface area contributed by atoms with Crippen LogP contribution in [0.15, 0.2) is 28.7 Å². The van der Waals surface area contributed by atoms with Gasteiger partial charge in [-0.15, -0.1) is 12.3 Å². The monoisotopic (exact) mass is 1200 g/mol. The van der Waals surface area contributed by atoms with Crippen molar-refractivity contribution in [2.45, 2.75) is 154 Å². The molecule has 2 unspecified atom stereocenters. The molecular formula is C57H86BrN10O11P. The van der Waals surface area contributed by atoms with Gasteiger partial charge < -0.3 is 40.2 Å². The van der Waals surface area contributed by atoms with Crippen molar-refractivity contribution in [3.8, 4) is 24.1 Å². The maximum Gasteiger partial charge on any atom is 0.407 e. The molecule has 3 heterocycles. The number of carbonyl (C=O) groups is 6. The van der Waals surface area contributed by atoms with E-state index in [0.717, 1.165) is 43.9 Å². The first-order valence-electron chi connectivity index (χ1n) is 28.3. The van der Waals surface area contributed by atoms with E-state index in [0.29, 0.717) is 131 Å². The highest BCUT2D eigenvalue weighted by Gasteiger charge is 2.38. The smallest absolute Gasteiger partial charge is 0.407 e. The molecule has 3 aromatic rings. The van der Waals surface area contributed by atoms with Crippen molar-refractivity contribution in [2.24, 2.45) is 5.73 Å². The van der Waals surface area contributed by atoms with Gasteiger partial charge in [0.2, 0.25) is 25.2 Å². The number of hydrogen-bond donors (Lipinski definition) is 3. The molecule has 1 saturated heterocycles. The second-order valence-corrected chi connectivity index (χ2v) is 24.5. The molecule has 3 amide bonds. The van der Waals surface area contributed by atoms with Crippen LogP contribution in [0.25, 0.3) is 10.9 Å². The first-order chi connectivity index (χ1) is 38.3. The number of ether oxygens (including phenoxy) is 3. The largest absolute Gasteiger partial charge is 0.507 e. The van der Waals surface area contributed by atoms with Crippen LogP contribution in [0, 0.1) is 12.3 Å². The van der Waals surface area contributed by atoms with E-state index >= 15 is 0 Å². The van der Waals surface area contributed by atoms with E-state index < -0.39 is 25.5 Å². The SMILES string of the molecule is C#CCCC(=O)CCCCCNC(=O)OC(CCN(C)C(=O)CCCCC(=O)CCCOCCOc1nc(C2CCN(P(=O)(CC(=O)CCCCCCC)N(C)C)CC2)nc(N(C)CC(N)=O)n1)c1ccc2ccc(O)c(Br)c2n1. The molecule has 4 N–H and O–H groups in total. The Morgan fingerprint density at radius 1 is 0.825 bits per heavy atom. The number of nitrogens with zero attached hydrogens (tertiary/aromatic N) is 8. The molecule has 0 aliphatic carbocycles. The number of aromatic hydroxyl groups is 1. The molecule has 1 aliphatic rings. The molecule has 442 valence electrons. The summed E-state index contributed by atoms with van der Waals surface area (Å²) in [5.41, 5.74) is 6.43. The summed E-state index contributed by atoms with van der Waals surface area (Å²) in [4.78, 5) is 97.2. The minimum atomic E-state index is -3.12. The zero-order valence-corrected chi connectivity index (χ0v) is 50.2. The third kappa shape index (κ3) is 23.5. The number of halogens is 1. The van der Waals surface area contributed by atoms with Gasteiger partial charge in [-0.1, -0.05) is 45.1 Å². The summed E-state index contributed by atoms with van der Waals surface area (Å²) < 4.78 is 35.9. The van der Waals surface area contributed by atoms with Crippen LogP contribution in [0.5, 0.6) is 11.8 Å². The fourth-order valence-corrected chi connectivity index (χ4v) is 12.1. The standard InChI is InChI=1S/C57H86BrN10O11P/c1-7-9-11-12-14-23-46(71)41-80(76,65(3)4)68-35-30-43(31-36-68)54-62-55(67(6)40-50(59)73)64-56(63-54)78-39-38-77-37-19-24-45(70)22-16-17-25-51(74)66(5)34-32-49(47-28-26-42-27-29-48(72)52(58)53(42)61-47)79-57(75)60-33-18-13-15-21-44(69)20-10-8-2/h2,26-29,43,49,72H,7,9-25,30-41H2,1,3-6H3,(H2,59,73)(H,60,75). The molecular weight excluding hydrogens is 1110 g/mol. The number of amides is 3. The number of nitrogens with two attached hydrogens (primary N) is 1. The van der Waals surface area contributed by atoms with Gasteiger partial charge in [-0.2, -0.15) is 15.0 Å². The number of alkyl carbamates (subject to hydrolysis) is 1. The third-order valence-electron chi connectivity index (χ3n) is 14.0. The predicted molar refractivity (Wildman–Crippen MR) is 312 cm³/mol. The number of carbonyl (C=O) groups excluding carboxylic acids is 6. The number of nitrogens with one attached hydrogen (secondary N) is 1. The molecule has 0 spiro atoms. The fourth-order valence-electron chi connectivity index (χ4n) is 9.19. The number of pyridine rings is 1. The molecule has 2 atom stereocenters. The maximum absolute atomic E-state index is 14.3. The molecule has 80 heavy (non-hydrogen) atoms. The lowest BCUT2D eigenvalue weighted by molar-refractivity contribution is -0.130. The van der Waals surface area contributed by atoms with E-state index in [4.69, 9.17) is 31.4 Å². The first-order valence-corrected chi connectivity index (χ1v) is 30.9. The van der Waals surface area contributed by atoms with Crippen LogP contribution in [0.4, 0.5) is 10.7 Å². The lowest BCUT2D eigenvalue weighted by atomic mass is 9.97. The van der Waals surface area contributed by atoms with Crippen LogP contribution in [0.3, 0.4) is 0 Å². The zero-order valence-electron chi connectivity index (χ0n) is 47.8. The van der Waals surface area contributed by atoms with Gasteiger partial charge in [0, 0.05) is 110 Å². The van der Waals surface area contributed by atoms with Crippen molar-refractivity contribution in [3.05, 3.63) is 40.3 Å². The third-order valence-corrected chi connectivity index (χ3v) is 18.1. The lowest BCUT2D eigenvalue weighted by Crippen LogP contribution is -2.37. The Hall–Kier alpha value is -5.59. The lowest BCUT2D eigenvalue weighted by Gasteiger charge is -2.39. The van der Waals surface area contributed by atoms with Crippen molar-refractivity contribution >= 4 is 75.5 Å². The Labute approximate surface area is 481 Å². The summed E-state index contributed by atoms with van der Waals surface area (Å²) in [6, 6.07) is 6.93. The Morgan fingerprint density at radius 3 is 2.17 bits per heavy atom. The van der Waals surface area contributed by atoms with Gasteiger partial charge in [-0.3, -0.25) is 28.5 Å². The predicted octanol–water partition coefficient (Wildman–Crippen LogP) is 8.84. The number of piperidine rings is 1. The number of anilines is 1. The molecule has 1 aromatic carbocycles. The van der Waals surface area contributed by atoms with Crippen LogP contribution >= 0.6 is 23.4 Å². The number of phenols is 1. The highest BCUT2D eigenvalue weighted by molar-refractivity contribution is 9.10. The topological polar surface area (TPSA) is 270 Å². The van der Waals surface area contributed by atoms with Gasteiger partial charge in [-0.05, 0) is 99.6 Å². The Morgan fingerprint density at radius 2 is 1.48 bits per heavy atom. The number of aromatic nitrogens is 4. The van der Waals surface area contributed by atoms with Gasteiger partial charge in [0.05, 0.1) is 35.0 Å². The van der Waals surface area contributed by atoms with E-state index in [1.54, 1.807) is 56.0 Å². The molecule has 0 saturated carbocycles. The molecule has 21 nitrogen and oxygen atoms in total. The number of primary amides is 1. The van der Waals surface area contributed by atoms with Crippen molar-refractivity contribution in [3.63, 3.8) is 0 Å². The van der Waals surface area contributed by atoms with E-state index in [1.807, 2.05) is 10.7 Å². The summed E-state index contributed by atoms with van der Waals surface area (Å²) in [7, 11) is 3.75. The molecule has 1 fully saturated rings. The number of hydrogen-bond acceptors (Lipinski definition) is 16. The second-order valence-electron chi connectivity index (χ2n) is 20.7. The number of phenolic OH excluding ortho intramolecular Hbond substituents is 1. The molecule has 2 aromatic heterocycles. The van der Waals surface area contributed by atoms with Crippen LogP contribution in [-0.2, 0) is 38.0 Å². The van der Waals surface area contributed by atoms with Gasteiger partial charge >= 0.3 is 12.1 Å². The van der Waals surface area contributed by atoms with Gasteiger partial charge in [0.15, 0.2) is 0 Å². The van der Waals surface area contributed by atoms with Crippen LogP contribution in [-0.4, -0.2) is 161 Å². The van der Waals surface area contributed by atoms with Crippen LogP contribution in [0.2, 0.25) is 0 Å². The number of terminal acetylenes is 1. The van der Waals surface area contributed by atoms with Crippen molar-refractivity contribution in [1.29, 1.82) is 0 Å². The highest BCUT2D eigenvalue weighted by Crippen LogP contribution is 2.53. The van der Waals surface area contributed by atoms with E-state index in [1.165, 1.54) is 4.90 Å². The molecule has 0 radical (unpaired) electrons. The summed E-state index contributed by atoms with van der Waals surface area (Å²) in [5.74, 6) is 2.63. The number of ketones is 3. The Balaban J connectivity index is 1.17. The fraction of sp³-hybridized carbons (Fsp3) is 0.649.